The summed E-state index contributed by atoms with van der Waals surface area (Å²) < 4.78 is 1.83. The molecule has 0 aliphatic heterocycles. The van der Waals surface area contributed by atoms with Gasteiger partial charge in [0.15, 0.2) is 0 Å². The fourth-order valence-corrected chi connectivity index (χ4v) is 2.52. The topological polar surface area (TPSA) is 50.3 Å². The minimum atomic E-state index is 0.210. The number of hydrogen-bond acceptors (Lipinski definition) is 4. The van der Waals surface area contributed by atoms with Crippen LogP contribution in [0.2, 0.25) is 0 Å². The van der Waals surface area contributed by atoms with Crippen molar-refractivity contribution in [2.45, 2.75) is 12.6 Å². The van der Waals surface area contributed by atoms with Crippen LogP contribution in [0, 0.1) is 0 Å². The molecule has 1 aromatic heterocycles. The van der Waals surface area contributed by atoms with Crippen LogP contribution in [0.15, 0.2) is 36.7 Å². The highest BCUT2D eigenvalue weighted by Crippen LogP contribution is 2.22. The lowest BCUT2D eigenvalue weighted by atomic mass is 10.0. The van der Waals surface area contributed by atoms with Crippen LogP contribution >= 0.6 is 0 Å². The highest BCUT2D eigenvalue weighted by molar-refractivity contribution is 5.46. The molecule has 2 N–H and O–H groups in total. The van der Waals surface area contributed by atoms with E-state index in [1.807, 2.05) is 38.2 Å². The van der Waals surface area contributed by atoms with Gasteiger partial charge < -0.3 is 10.6 Å². The second kappa shape index (κ2) is 6.74. The van der Waals surface area contributed by atoms with Crippen LogP contribution in [0.25, 0.3) is 0 Å². The highest BCUT2D eigenvalue weighted by atomic mass is 15.2. The van der Waals surface area contributed by atoms with E-state index >= 15 is 0 Å². The molecule has 0 saturated heterocycles. The van der Waals surface area contributed by atoms with Crippen LogP contribution < -0.4 is 10.6 Å². The summed E-state index contributed by atoms with van der Waals surface area (Å²) in [7, 11) is 8.13. The molecule has 0 fully saturated rings. The van der Waals surface area contributed by atoms with Gasteiger partial charge in [0.2, 0.25) is 0 Å². The predicted octanol–water partition coefficient (Wildman–Crippen LogP) is 1.62. The van der Waals surface area contributed by atoms with Crippen LogP contribution in [-0.4, -0.2) is 42.4 Å². The Labute approximate surface area is 127 Å². The normalized spacial score (nSPS) is 12.7. The van der Waals surface area contributed by atoms with Crippen molar-refractivity contribution in [3.8, 4) is 0 Å². The Morgan fingerprint density at radius 3 is 2.33 bits per heavy atom. The van der Waals surface area contributed by atoms with E-state index in [0.717, 1.165) is 6.54 Å². The second-order valence-corrected chi connectivity index (χ2v) is 5.67. The first-order valence-electron chi connectivity index (χ1n) is 7.16. The van der Waals surface area contributed by atoms with Gasteiger partial charge in [-0.25, -0.2) is 0 Å². The first kappa shape index (κ1) is 15.5. The molecule has 2 aromatic rings. The third-order valence-corrected chi connectivity index (χ3v) is 3.74. The number of benzene rings is 1. The van der Waals surface area contributed by atoms with Crippen molar-refractivity contribution in [2.24, 2.45) is 12.8 Å². The Hall–Kier alpha value is -1.85. The predicted molar refractivity (Wildman–Crippen MR) is 87.2 cm³/mol. The lowest BCUT2D eigenvalue weighted by molar-refractivity contribution is 0.242. The number of hydrogen-bond donors (Lipinski definition) is 1. The van der Waals surface area contributed by atoms with Crippen LogP contribution in [-0.2, 0) is 13.6 Å². The van der Waals surface area contributed by atoms with Crippen LogP contribution in [0.3, 0.4) is 0 Å². The number of nitrogens with zero attached hydrogens (tertiary/aromatic N) is 4. The van der Waals surface area contributed by atoms with Crippen molar-refractivity contribution in [1.82, 2.24) is 14.7 Å². The quantitative estimate of drug-likeness (QED) is 0.877. The number of nitrogens with two attached hydrogens (primary N) is 1. The fourth-order valence-electron chi connectivity index (χ4n) is 2.52. The third kappa shape index (κ3) is 3.83. The Kier molecular flexibility index (Phi) is 4.98. The Balaban J connectivity index is 2.10. The molecule has 0 bridgehead atoms. The average molecular weight is 287 g/mol. The van der Waals surface area contributed by atoms with E-state index in [1.165, 1.54) is 16.8 Å². The van der Waals surface area contributed by atoms with E-state index in [1.54, 1.807) is 0 Å². The summed E-state index contributed by atoms with van der Waals surface area (Å²) in [6, 6.07) is 8.80. The van der Waals surface area contributed by atoms with Crippen molar-refractivity contribution >= 4 is 5.69 Å². The molecular formula is C16H25N5. The Bertz CT molecular complexity index is 558. The number of anilines is 1. The summed E-state index contributed by atoms with van der Waals surface area (Å²) >= 11 is 0. The zero-order chi connectivity index (χ0) is 15.4. The Morgan fingerprint density at radius 2 is 1.86 bits per heavy atom. The standard InChI is InChI=1S/C16H25N5/c1-19(2)15-7-5-14(6-8-15)16(9-17)20(3)11-13-10-18-21(4)12-13/h5-8,10,12,16H,9,11,17H2,1-4H3. The molecule has 5 nitrogen and oxygen atoms in total. The molecule has 0 aliphatic carbocycles. The zero-order valence-electron chi connectivity index (χ0n) is 13.3. The minimum Gasteiger partial charge on any atom is -0.378 e. The maximum absolute atomic E-state index is 5.99. The molecule has 0 spiro atoms. The number of rotatable bonds is 6. The van der Waals surface area contributed by atoms with Crippen LogP contribution in [0.1, 0.15) is 17.2 Å². The molecule has 0 radical (unpaired) electrons. The molecule has 0 amide bonds. The van der Waals surface area contributed by atoms with Crippen molar-refractivity contribution in [2.75, 3.05) is 32.6 Å². The number of aryl methyl sites for hydroxylation is 1. The molecule has 21 heavy (non-hydrogen) atoms. The molecular weight excluding hydrogens is 262 g/mol. The minimum absolute atomic E-state index is 0.210. The molecule has 2 rings (SSSR count). The average Bonchev–Trinajstić information content (AvgIpc) is 2.85. The van der Waals surface area contributed by atoms with E-state index in [0.29, 0.717) is 6.54 Å². The van der Waals surface area contributed by atoms with E-state index < -0.39 is 0 Å². The maximum atomic E-state index is 5.99. The highest BCUT2D eigenvalue weighted by Gasteiger charge is 2.16. The van der Waals surface area contributed by atoms with Gasteiger partial charge >= 0.3 is 0 Å². The van der Waals surface area contributed by atoms with Crippen LogP contribution in [0.5, 0.6) is 0 Å². The van der Waals surface area contributed by atoms with E-state index in [2.05, 4.69) is 46.2 Å². The van der Waals surface area contributed by atoms with Gasteiger partial charge in [-0.2, -0.15) is 5.10 Å². The van der Waals surface area contributed by atoms with Gasteiger partial charge in [0, 0.05) is 57.7 Å². The first-order valence-corrected chi connectivity index (χ1v) is 7.16. The molecule has 1 aromatic carbocycles. The fraction of sp³-hybridized carbons (Fsp3) is 0.438. The summed E-state index contributed by atoms with van der Waals surface area (Å²) in [4.78, 5) is 4.36. The summed E-state index contributed by atoms with van der Waals surface area (Å²) in [5, 5.41) is 4.21. The second-order valence-electron chi connectivity index (χ2n) is 5.67. The molecule has 114 valence electrons. The lowest BCUT2D eigenvalue weighted by Gasteiger charge is -2.27. The van der Waals surface area contributed by atoms with Gasteiger partial charge in [-0.15, -0.1) is 0 Å². The summed E-state index contributed by atoms with van der Waals surface area (Å²) in [5.41, 5.74) is 9.63. The first-order chi connectivity index (χ1) is 10.0. The van der Waals surface area contributed by atoms with Crippen LogP contribution in [0.4, 0.5) is 5.69 Å². The molecule has 0 aliphatic rings. The summed E-state index contributed by atoms with van der Waals surface area (Å²) in [6.07, 6.45) is 3.94. The number of likely N-dealkylation sites (N-methyl/N-ethyl adjacent to an activating group) is 1. The van der Waals surface area contributed by atoms with Gasteiger partial charge in [-0.3, -0.25) is 9.58 Å². The van der Waals surface area contributed by atoms with Crippen molar-refractivity contribution in [3.63, 3.8) is 0 Å². The van der Waals surface area contributed by atoms with Gasteiger partial charge in [0.05, 0.1) is 6.20 Å². The molecule has 0 saturated carbocycles. The molecule has 1 heterocycles. The van der Waals surface area contributed by atoms with Gasteiger partial charge in [-0.05, 0) is 24.7 Å². The third-order valence-electron chi connectivity index (χ3n) is 3.74. The van der Waals surface area contributed by atoms with E-state index in [9.17, 15) is 0 Å². The van der Waals surface area contributed by atoms with Crippen molar-refractivity contribution < 1.29 is 0 Å². The molecule has 1 atom stereocenters. The van der Waals surface area contributed by atoms with Gasteiger partial charge in [0.1, 0.15) is 0 Å². The molecule has 5 heteroatoms. The molecule has 1 unspecified atom stereocenters. The SMILES string of the molecule is CN(C)c1ccc(C(CN)N(C)Cc2cnn(C)c2)cc1. The number of aromatic nitrogens is 2. The monoisotopic (exact) mass is 287 g/mol. The van der Waals surface area contributed by atoms with Gasteiger partial charge in [-0.1, -0.05) is 12.1 Å². The van der Waals surface area contributed by atoms with Crippen molar-refractivity contribution in [3.05, 3.63) is 47.8 Å². The lowest BCUT2D eigenvalue weighted by Crippen LogP contribution is -2.30. The van der Waals surface area contributed by atoms with E-state index in [4.69, 9.17) is 5.73 Å². The maximum Gasteiger partial charge on any atom is 0.0534 e. The summed E-state index contributed by atoms with van der Waals surface area (Å²) in [5.74, 6) is 0. The van der Waals surface area contributed by atoms with Crippen molar-refractivity contribution in [1.29, 1.82) is 0 Å². The van der Waals surface area contributed by atoms with Gasteiger partial charge in [0.25, 0.3) is 0 Å². The zero-order valence-corrected chi connectivity index (χ0v) is 13.3. The Morgan fingerprint density at radius 1 is 1.19 bits per heavy atom. The largest absolute Gasteiger partial charge is 0.378 e. The smallest absolute Gasteiger partial charge is 0.0534 e. The summed E-state index contributed by atoms with van der Waals surface area (Å²) in [6.45, 7) is 1.43. The van der Waals surface area contributed by atoms with E-state index in [-0.39, 0.29) is 6.04 Å².